The first-order chi connectivity index (χ1) is 6.20. The van der Waals surface area contributed by atoms with Gasteiger partial charge >= 0.3 is 0 Å². The highest BCUT2D eigenvalue weighted by molar-refractivity contribution is 7.80. The molecule has 0 aliphatic heterocycles. The van der Waals surface area contributed by atoms with Gasteiger partial charge in [-0.1, -0.05) is 0 Å². The molecule has 6 nitrogen and oxygen atoms in total. The second-order valence-electron chi connectivity index (χ2n) is 2.03. The van der Waals surface area contributed by atoms with Crippen LogP contribution in [0.3, 0.4) is 0 Å². The smallest absolute Gasteiger partial charge is 0.289 e. The third-order valence-electron chi connectivity index (χ3n) is 1.10. The molecule has 0 radical (unpaired) electrons. The average Bonchev–Trinajstić information content (AvgIpc) is 2.15. The van der Waals surface area contributed by atoms with Crippen molar-refractivity contribution in [3.05, 3.63) is 24.3 Å². The Labute approximate surface area is 79.5 Å². The van der Waals surface area contributed by atoms with E-state index in [4.69, 9.17) is 5.73 Å². The van der Waals surface area contributed by atoms with E-state index >= 15 is 0 Å². The van der Waals surface area contributed by atoms with Crippen molar-refractivity contribution in [3.8, 4) is 0 Å². The quantitative estimate of drug-likeness (QED) is 0.393. The Morgan fingerprint density at radius 1 is 1.46 bits per heavy atom. The first kappa shape index (κ1) is 9.33. The van der Waals surface area contributed by atoms with Crippen molar-refractivity contribution in [2.45, 2.75) is 0 Å². The molecule has 1 heterocycles. The number of aromatic nitrogens is 2. The van der Waals surface area contributed by atoms with Crippen molar-refractivity contribution in [2.75, 3.05) is 0 Å². The van der Waals surface area contributed by atoms with E-state index in [0.29, 0.717) is 0 Å². The van der Waals surface area contributed by atoms with Gasteiger partial charge in [0.1, 0.15) is 5.69 Å². The minimum absolute atomic E-state index is 0.0164. The van der Waals surface area contributed by atoms with Crippen molar-refractivity contribution >= 4 is 23.2 Å². The Kier molecular flexibility index (Phi) is 3.09. The zero-order valence-corrected chi connectivity index (χ0v) is 7.34. The van der Waals surface area contributed by atoms with Crippen LogP contribution in [0.1, 0.15) is 10.5 Å². The van der Waals surface area contributed by atoms with Crippen molar-refractivity contribution in [2.24, 2.45) is 5.73 Å². The van der Waals surface area contributed by atoms with Crippen molar-refractivity contribution in [1.82, 2.24) is 20.8 Å². The van der Waals surface area contributed by atoms with Crippen LogP contribution in [0.2, 0.25) is 0 Å². The average molecular weight is 197 g/mol. The first-order valence-electron chi connectivity index (χ1n) is 3.32. The summed E-state index contributed by atoms with van der Waals surface area (Å²) in [5.74, 6) is -0.444. The number of thiocarbonyl (C=S) groups is 1. The van der Waals surface area contributed by atoms with E-state index in [1.807, 2.05) is 0 Å². The fourth-order valence-corrected chi connectivity index (χ4v) is 0.650. The summed E-state index contributed by atoms with van der Waals surface area (Å²) in [6, 6.07) is 0. The number of carbonyl (C=O) groups is 1. The van der Waals surface area contributed by atoms with Crippen LogP contribution in [-0.2, 0) is 0 Å². The van der Waals surface area contributed by atoms with E-state index < -0.39 is 5.91 Å². The van der Waals surface area contributed by atoms with Gasteiger partial charge in [-0.05, 0) is 12.2 Å². The number of nitrogens with one attached hydrogen (secondary N) is 2. The number of rotatable bonds is 1. The van der Waals surface area contributed by atoms with Gasteiger partial charge in [0, 0.05) is 12.4 Å². The summed E-state index contributed by atoms with van der Waals surface area (Å²) in [4.78, 5) is 18.6. The highest BCUT2D eigenvalue weighted by atomic mass is 32.1. The molecule has 0 atom stereocenters. The molecule has 0 saturated carbocycles. The maximum Gasteiger partial charge on any atom is 0.289 e. The zero-order chi connectivity index (χ0) is 9.68. The molecular formula is C6H7N5OS. The van der Waals surface area contributed by atoms with Gasteiger partial charge in [0.05, 0.1) is 6.20 Å². The van der Waals surface area contributed by atoms with Gasteiger partial charge in [-0.15, -0.1) is 0 Å². The minimum atomic E-state index is -0.444. The van der Waals surface area contributed by atoms with Gasteiger partial charge in [0.2, 0.25) is 0 Å². The fourth-order valence-electron chi connectivity index (χ4n) is 0.599. The van der Waals surface area contributed by atoms with E-state index in [1.54, 1.807) is 0 Å². The van der Waals surface area contributed by atoms with Gasteiger partial charge in [-0.25, -0.2) is 4.98 Å². The lowest BCUT2D eigenvalue weighted by Crippen LogP contribution is -2.44. The summed E-state index contributed by atoms with van der Waals surface area (Å²) in [6.45, 7) is 0. The molecule has 7 heteroatoms. The molecule has 68 valence electrons. The number of hydrogen-bond acceptors (Lipinski definition) is 4. The molecule has 1 aromatic rings. The number of nitrogens with two attached hydrogens (primary N) is 1. The van der Waals surface area contributed by atoms with Crippen LogP contribution >= 0.6 is 12.2 Å². The Balaban J connectivity index is 2.54. The SMILES string of the molecule is NC(=S)NNC(=O)c1cnccn1. The maximum atomic E-state index is 11.2. The van der Waals surface area contributed by atoms with Gasteiger partial charge in [0.15, 0.2) is 5.11 Å². The molecule has 0 aliphatic carbocycles. The third kappa shape index (κ3) is 2.99. The molecule has 0 fully saturated rings. The molecule has 0 spiro atoms. The third-order valence-corrected chi connectivity index (χ3v) is 1.20. The Morgan fingerprint density at radius 2 is 2.23 bits per heavy atom. The lowest BCUT2D eigenvalue weighted by molar-refractivity contribution is 0.0938. The van der Waals surface area contributed by atoms with Crippen molar-refractivity contribution in [3.63, 3.8) is 0 Å². The van der Waals surface area contributed by atoms with E-state index in [-0.39, 0.29) is 10.8 Å². The molecule has 0 aromatic carbocycles. The molecule has 1 aromatic heterocycles. The highest BCUT2D eigenvalue weighted by Gasteiger charge is 2.04. The predicted molar refractivity (Wildman–Crippen MR) is 49.4 cm³/mol. The van der Waals surface area contributed by atoms with Crippen LogP contribution < -0.4 is 16.6 Å². The van der Waals surface area contributed by atoms with Crippen molar-refractivity contribution < 1.29 is 4.79 Å². The van der Waals surface area contributed by atoms with Crippen LogP contribution in [-0.4, -0.2) is 21.0 Å². The highest BCUT2D eigenvalue weighted by Crippen LogP contribution is 1.87. The molecule has 0 aliphatic rings. The van der Waals surface area contributed by atoms with Crippen LogP contribution in [0.15, 0.2) is 18.6 Å². The number of hydrogen-bond donors (Lipinski definition) is 3. The van der Waals surface area contributed by atoms with Crippen LogP contribution in [0.4, 0.5) is 0 Å². The second-order valence-corrected chi connectivity index (χ2v) is 2.47. The Bertz CT molecular complexity index is 314. The number of amides is 1. The number of hydrazine groups is 1. The molecule has 0 bridgehead atoms. The summed E-state index contributed by atoms with van der Waals surface area (Å²) in [5, 5.41) is -0.0164. The van der Waals surface area contributed by atoms with E-state index in [9.17, 15) is 4.79 Å². The number of carbonyl (C=O) groups excluding carboxylic acids is 1. The van der Waals surface area contributed by atoms with Crippen LogP contribution in [0.5, 0.6) is 0 Å². The molecule has 4 N–H and O–H groups in total. The first-order valence-corrected chi connectivity index (χ1v) is 3.73. The monoisotopic (exact) mass is 197 g/mol. The topological polar surface area (TPSA) is 92.9 Å². The number of nitrogens with zero attached hydrogens (tertiary/aromatic N) is 2. The fraction of sp³-hybridized carbons (Fsp3) is 0. The Morgan fingerprint density at radius 3 is 2.77 bits per heavy atom. The normalized spacial score (nSPS) is 8.92. The van der Waals surface area contributed by atoms with Gasteiger partial charge < -0.3 is 5.73 Å². The molecule has 1 rings (SSSR count). The summed E-state index contributed by atoms with van der Waals surface area (Å²) >= 11 is 4.48. The molecule has 0 saturated heterocycles. The lowest BCUT2D eigenvalue weighted by Gasteiger charge is -2.04. The lowest BCUT2D eigenvalue weighted by atomic mass is 10.4. The predicted octanol–water partition coefficient (Wildman–Crippen LogP) is -1.05. The van der Waals surface area contributed by atoms with Crippen LogP contribution in [0.25, 0.3) is 0 Å². The van der Waals surface area contributed by atoms with Gasteiger partial charge in [-0.3, -0.25) is 20.6 Å². The van der Waals surface area contributed by atoms with Crippen molar-refractivity contribution in [1.29, 1.82) is 0 Å². The standard InChI is InChI=1S/C6H7N5OS/c7-6(13)11-10-5(12)4-3-8-1-2-9-4/h1-3H,(H,10,12)(H3,7,11,13). The summed E-state index contributed by atoms with van der Waals surface area (Å²) < 4.78 is 0. The molecule has 0 unspecified atom stereocenters. The second kappa shape index (κ2) is 4.31. The van der Waals surface area contributed by atoms with Gasteiger partial charge in [0.25, 0.3) is 5.91 Å². The minimum Gasteiger partial charge on any atom is -0.375 e. The summed E-state index contributed by atoms with van der Waals surface area (Å²) in [7, 11) is 0. The molecule has 13 heavy (non-hydrogen) atoms. The molecular weight excluding hydrogens is 190 g/mol. The Hall–Kier alpha value is -1.76. The maximum absolute atomic E-state index is 11.2. The largest absolute Gasteiger partial charge is 0.375 e. The van der Waals surface area contributed by atoms with E-state index in [1.165, 1.54) is 18.6 Å². The van der Waals surface area contributed by atoms with E-state index in [0.717, 1.165) is 0 Å². The van der Waals surface area contributed by atoms with Crippen LogP contribution in [0, 0.1) is 0 Å². The van der Waals surface area contributed by atoms with E-state index in [2.05, 4.69) is 33.0 Å². The van der Waals surface area contributed by atoms with Gasteiger partial charge in [-0.2, -0.15) is 0 Å². The summed E-state index contributed by atoms with van der Waals surface area (Å²) in [6.07, 6.45) is 4.21. The summed E-state index contributed by atoms with van der Waals surface area (Å²) in [5.41, 5.74) is 9.80. The molecule has 1 amide bonds. The zero-order valence-electron chi connectivity index (χ0n) is 6.52.